The fourth-order valence-electron chi connectivity index (χ4n) is 1.70. The Morgan fingerprint density at radius 2 is 1.89 bits per heavy atom. The van der Waals surface area contributed by atoms with Gasteiger partial charge in [-0.25, -0.2) is 9.97 Å². The molecule has 0 aliphatic carbocycles. The molecule has 0 spiro atoms. The van der Waals surface area contributed by atoms with Crippen LogP contribution < -0.4 is 4.74 Å². The van der Waals surface area contributed by atoms with Gasteiger partial charge in [0.1, 0.15) is 11.6 Å². The van der Waals surface area contributed by atoms with Gasteiger partial charge in [-0.15, -0.1) is 0 Å². The van der Waals surface area contributed by atoms with E-state index in [4.69, 9.17) is 10.1 Å². The quantitative estimate of drug-likeness (QED) is 0.836. The van der Waals surface area contributed by atoms with Gasteiger partial charge in [0.2, 0.25) is 0 Å². The number of hydrogen-bond donors (Lipinski definition) is 1. The molecular formula is C14H15N3O. The minimum atomic E-state index is 0.500. The normalized spacial score (nSPS) is 10.1. The topological polar surface area (TPSA) is 58.9 Å². The molecule has 1 N–H and O–H groups in total. The monoisotopic (exact) mass is 241 g/mol. The molecule has 1 heterocycles. The van der Waals surface area contributed by atoms with Gasteiger partial charge in [0.05, 0.1) is 7.11 Å². The first-order valence-corrected chi connectivity index (χ1v) is 5.69. The van der Waals surface area contributed by atoms with Crippen molar-refractivity contribution < 1.29 is 4.74 Å². The Morgan fingerprint density at radius 3 is 2.56 bits per heavy atom. The molecule has 0 saturated carbocycles. The molecule has 0 aliphatic heterocycles. The van der Waals surface area contributed by atoms with Crippen molar-refractivity contribution in [2.75, 3.05) is 7.11 Å². The van der Waals surface area contributed by atoms with E-state index in [0.717, 1.165) is 22.7 Å². The van der Waals surface area contributed by atoms with Crippen LogP contribution in [0.15, 0.2) is 36.7 Å². The zero-order valence-electron chi connectivity index (χ0n) is 10.5. The summed E-state index contributed by atoms with van der Waals surface area (Å²) in [5.41, 5.74) is 2.23. The highest BCUT2D eigenvalue weighted by atomic mass is 16.5. The summed E-state index contributed by atoms with van der Waals surface area (Å²) in [6.45, 7) is 1.84. The van der Waals surface area contributed by atoms with Crippen LogP contribution in [-0.4, -0.2) is 22.8 Å². The minimum absolute atomic E-state index is 0.500. The van der Waals surface area contributed by atoms with Gasteiger partial charge in [-0.2, -0.15) is 0 Å². The highest BCUT2D eigenvalue weighted by Crippen LogP contribution is 2.19. The Bertz CT molecular complexity index is 549. The molecule has 0 unspecified atom stereocenters. The molecule has 1 aromatic carbocycles. The van der Waals surface area contributed by atoms with Crippen LogP contribution in [0, 0.1) is 12.3 Å². The van der Waals surface area contributed by atoms with Gasteiger partial charge in [-0.1, -0.05) is 12.1 Å². The van der Waals surface area contributed by atoms with E-state index in [1.54, 1.807) is 19.5 Å². The van der Waals surface area contributed by atoms with Crippen molar-refractivity contribution in [2.24, 2.45) is 0 Å². The number of para-hydroxylation sites is 1. The smallest absolute Gasteiger partial charge is 0.127 e. The Kier molecular flexibility index (Phi) is 3.67. The van der Waals surface area contributed by atoms with Crippen LogP contribution in [0.5, 0.6) is 5.75 Å². The lowest BCUT2D eigenvalue weighted by atomic mass is 10.0. The van der Waals surface area contributed by atoms with E-state index < -0.39 is 0 Å². The van der Waals surface area contributed by atoms with Crippen molar-refractivity contribution in [3.05, 3.63) is 53.6 Å². The Labute approximate surface area is 106 Å². The van der Waals surface area contributed by atoms with Crippen molar-refractivity contribution in [1.29, 1.82) is 5.41 Å². The van der Waals surface area contributed by atoms with Crippen LogP contribution in [0.3, 0.4) is 0 Å². The number of ether oxygens (including phenoxy) is 1. The summed E-state index contributed by atoms with van der Waals surface area (Å²) in [7, 11) is 1.61. The van der Waals surface area contributed by atoms with E-state index in [0.29, 0.717) is 12.1 Å². The number of aryl methyl sites for hydroxylation is 1. The summed E-state index contributed by atoms with van der Waals surface area (Å²) in [5.74, 6) is 1.46. The van der Waals surface area contributed by atoms with Crippen LogP contribution in [0.25, 0.3) is 0 Å². The molecule has 2 aromatic rings. The van der Waals surface area contributed by atoms with Crippen LogP contribution in [0.1, 0.15) is 17.0 Å². The van der Waals surface area contributed by atoms with E-state index in [9.17, 15) is 0 Å². The van der Waals surface area contributed by atoms with E-state index in [1.165, 1.54) is 0 Å². The first-order chi connectivity index (χ1) is 8.70. The standard InChI is InChI=1S/C14H15N3O/c1-10-16-8-11(9-17-10)7-13(15)12-5-3-4-6-14(12)18-2/h3-6,8-9,15H,7H2,1-2H3. The van der Waals surface area contributed by atoms with Crippen molar-refractivity contribution >= 4 is 5.71 Å². The van der Waals surface area contributed by atoms with Gasteiger partial charge in [-0.05, 0) is 24.6 Å². The first kappa shape index (κ1) is 12.2. The molecule has 1 aromatic heterocycles. The summed E-state index contributed by atoms with van der Waals surface area (Å²) < 4.78 is 5.25. The summed E-state index contributed by atoms with van der Waals surface area (Å²) >= 11 is 0. The highest BCUT2D eigenvalue weighted by molar-refractivity contribution is 6.01. The van der Waals surface area contributed by atoms with E-state index in [1.807, 2.05) is 31.2 Å². The summed E-state index contributed by atoms with van der Waals surface area (Å²) in [6.07, 6.45) is 4.01. The fourth-order valence-corrected chi connectivity index (χ4v) is 1.70. The molecule has 18 heavy (non-hydrogen) atoms. The zero-order valence-corrected chi connectivity index (χ0v) is 10.5. The maximum atomic E-state index is 8.13. The maximum Gasteiger partial charge on any atom is 0.127 e. The second-order valence-corrected chi connectivity index (χ2v) is 3.99. The zero-order chi connectivity index (χ0) is 13.0. The molecule has 0 fully saturated rings. The number of aromatic nitrogens is 2. The van der Waals surface area contributed by atoms with Gasteiger partial charge >= 0.3 is 0 Å². The summed E-state index contributed by atoms with van der Waals surface area (Å²) in [4.78, 5) is 8.26. The first-order valence-electron chi connectivity index (χ1n) is 5.69. The molecule has 0 amide bonds. The van der Waals surface area contributed by atoms with Crippen LogP contribution in [0.2, 0.25) is 0 Å². The third kappa shape index (κ3) is 2.71. The average Bonchev–Trinajstić information content (AvgIpc) is 2.41. The Hall–Kier alpha value is -2.23. The number of nitrogens with one attached hydrogen (secondary N) is 1. The average molecular weight is 241 g/mol. The lowest BCUT2D eigenvalue weighted by Gasteiger charge is -2.09. The Morgan fingerprint density at radius 1 is 1.22 bits per heavy atom. The molecular weight excluding hydrogens is 226 g/mol. The van der Waals surface area contributed by atoms with Crippen molar-refractivity contribution in [2.45, 2.75) is 13.3 Å². The molecule has 0 atom stereocenters. The highest BCUT2D eigenvalue weighted by Gasteiger charge is 2.08. The largest absolute Gasteiger partial charge is 0.496 e. The molecule has 4 heteroatoms. The van der Waals surface area contributed by atoms with Crippen molar-refractivity contribution in [3.63, 3.8) is 0 Å². The van der Waals surface area contributed by atoms with Crippen molar-refractivity contribution in [1.82, 2.24) is 9.97 Å². The maximum absolute atomic E-state index is 8.13. The lowest BCUT2D eigenvalue weighted by molar-refractivity contribution is 0.414. The molecule has 4 nitrogen and oxygen atoms in total. The van der Waals surface area contributed by atoms with Crippen LogP contribution >= 0.6 is 0 Å². The number of benzene rings is 1. The van der Waals surface area contributed by atoms with Gasteiger partial charge in [-0.3, -0.25) is 0 Å². The number of hydrogen-bond acceptors (Lipinski definition) is 4. The van der Waals surface area contributed by atoms with Crippen molar-refractivity contribution in [3.8, 4) is 5.75 Å². The molecule has 0 saturated heterocycles. The van der Waals surface area contributed by atoms with E-state index in [-0.39, 0.29) is 0 Å². The number of nitrogens with zero attached hydrogens (tertiary/aromatic N) is 2. The van der Waals surface area contributed by atoms with Gasteiger partial charge in [0, 0.05) is 30.1 Å². The van der Waals surface area contributed by atoms with E-state index >= 15 is 0 Å². The summed E-state index contributed by atoms with van der Waals surface area (Å²) in [6, 6.07) is 7.54. The van der Waals surface area contributed by atoms with Crippen LogP contribution in [0.4, 0.5) is 0 Å². The molecule has 0 aliphatic rings. The number of rotatable bonds is 4. The summed E-state index contributed by atoms with van der Waals surface area (Å²) in [5, 5.41) is 8.13. The molecule has 2 rings (SSSR count). The van der Waals surface area contributed by atoms with Gasteiger partial charge in [0.15, 0.2) is 0 Å². The predicted octanol–water partition coefficient (Wildman–Crippen LogP) is 2.40. The number of methoxy groups -OCH3 is 1. The second-order valence-electron chi connectivity index (χ2n) is 3.99. The Balaban J connectivity index is 2.19. The van der Waals surface area contributed by atoms with Gasteiger partial charge in [0.25, 0.3) is 0 Å². The minimum Gasteiger partial charge on any atom is -0.496 e. The molecule has 92 valence electrons. The third-order valence-electron chi connectivity index (χ3n) is 2.65. The predicted molar refractivity (Wildman–Crippen MR) is 70.3 cm³/mol. The second kappa shape index (κ2) is 5.40. The third-order valence-corrected chi connectivity index (χ3v) is 2.65. The van der Waals surface area contributed by atoms with Crippen LogP contribution in [-0.2, 0) is 6.42 Å². The molecule has 0 radical (unpaired) electrons. The van der Waals surface area contributed by atoms with Gasteiger partial charge < -0.3 is 10.1 Å². The molecule has 0 bridgehead atoms. The fraction of sp³-hybridized carbons (Fsp3) is 0.214. The SMILES string of the molecule is COc1ccccc1C(=N)Cc1cnc(C)nc1. The van der Waals surface area contributed by atoms with E-state index in [2.05, 4.69) is 9.97 Å². The lowest BCUT2D eigenvalue weighted by Crippen LogP contribution is -2.06.